The minimum Gasteiger partial charge on any atom is -0.458 e. The second-order valence-corrected chi connectivity index (χ2v) is 23.4. The Balaban J connectivity index is 1.29. The first-order valence-electron chi connectivity index (χ1n) is 24.1. The Morgan fingerprint density at radius 3 is 1.67 bits per heavy atom. The second kappa shape index (κ2) is 15.2. The number of rotatable bonds is 5. The molecular weight excluding hydrogens is 802 g/mol. The van der Waals surface area contributed by atoms with E-state index < -0.39 is 0 Å². The number of para-hydroxylation sites is 2. The van der Waals surface area contributed by atoms with Crippen LogP contribution in [0, 0.1) is 0 Å². The lowest BCUT2D eigenvalue weighted by Crippen LogP contribution is -2.60. The second-order valence-electron chi connectivity index (χ2n) is 23.4. The van der Waals surface area contributed by atoms with Crippen molar-refractivity contribution in [2.24, 2.45) is 0 Å². The molecule has 10 rings (SSSR count). The quantitative estimate of drug-likeness (QED) is 0.161. The first-order chi connectivity index (χ1) is 31.1. The third kappa shape index (κ3) is 7.21. The minimum atomic E-state index is -0.0326. The van der Waals surface area contributed by atoms with Gasteiger partial charge in [0.15, 0.2) is 0 Å². The van der Waals surface area contributed by atoms with Gasteiger partial charge in [0.25, 0.3) is 6.71 Å². The van der Waals surface area contributed by atoms with Crippen LogP contribution >= 0.6 is 0 Å². The summed E-state index contributed by atoms with van der Waals surface area (Å²) >= 11 is 0. The number of fused-ring (bicyclic) bond motifs is 7. The number of hydrogen-bond donors (Lipinski definition) is 0. The molecule has 0 saturated carbocycles. The third-order valence-corrected chi connectivity index (χ3v) is 14.2. The zero-order chi connectivity index (χ0) is 46.8. The summed E-state index contributed by atoms with van der Waals surface area (Å²) in [5.74, 6) is 1.82. The molecule has 0 bridgehead atoms. The van der Waals surface area contributed by atoms with E-state index >= 15 is 0 Å². The third-order valence-electron chi connectivity index (χ3n) is 14.2. The molecule has 0 unspecified atom stereocenters. The fourth-order valence-corrected chi connectivity index (χ4v) is 10.5. The van der Waals surface area contributed by atoms with Crippen molar-refractivity contribution >= 4 is 73.3 Å². The first kappa shape index (κ1) is 43.7. The van der Waals surface area contributed by atoms with Crippen LogP contribution in [0.25, 0.3) is 27.5 Å². The summed E-state index contributed by atoms with van der Waals surface area (Å²) in [5, 5.41) is 2.45. The molecule has 66 heavy (non-hydrogen) atoms. The monoisotopic (exact) mass is 868 g/mol. The van der Waals surface area contributed by atoms with Crippen molar-refractivity contribution in [3.05, 3.63) is 162 Å². The maximum Gasteiger partial charge on any atom is 0.256 e. The van der Waals surface area contributed by atoms with E-state index in [1.807, 2.05) is 0 Å². The van der Waals surface area contributed by atoms with Gasteiger partial charge in [-0.05, 0) is 129 Å². The fraction of sp³-hybridized carbons (Fsp3) is 0.311. The van der Waals surface area contributed by atoms with Crippen molar-refractivity contribution in [2.45, 2.75) is 125 Å². The SMILES string of the molecule is CC(C)N(c1ccc(C(C)(C)C)cc1)c1cccc2c3ccccc3n(-c3cc4c5c(c3)N(c3ccc(C(C)(C)C)cc3)c3ccc(C(C)(C)C)cc3B5c3cc(C(C)(C)C)ccc3O4)c12. The minimum absolute atomic E-state index is 0.0270. The number of aromatic nitrogens is 1. The lowest BCUT2D eigenvalue weighted by molar-refractivity contribution is 0.486. The standard InChI is InChI=1S/C61H66BN3O/c1-38(2)63(43-28-22-39(23-29-43)58(3,4)5)52-21-17-19-47-46-18-15-16-20-50(46)65(57(47)52)45-36-53-56-55(37-45)66-54-33-27-42(61(12,13)14)35-49(54)62(56)48-34-41(60(9,10)11)26-32-51(48)64(53)44-30-24-40(25-31-44)59(6,7)8/h15-38H,1-14H3. The number of benzene rings is 7. The summed E-state index contributed by atoms with van der Waals surface area (Å²) in [5.41, 5.74) is 18.3. The van der Waals surface area contributed by atoms with E-state index in [-0.39, 0.29) is 34.4 Å². The summed E-state index contributed by atoms with van der Waals surface area (Å²) in [7, 11) is 0. The molecule has 0 amide bonds. The van der Waals surface area contributed by atoms with Crippen LogP contribution in [0.5, 0.6) is 11.5 Å². The summed E-state index contributed by atoms with van der Waals surface area (Å²) < 4.78 is 9.79. The van der Waals surface area contributed by atoms with E-state index in [0.29, 0.717) is 0 Å². The Morgan fingerprint density at radius 2 is 1.05 bits per heavy atom. The molecule has 7 aromatic carbocycles. The molecule has 2 aliphatic rings. The van der Waals surface area contributed by atoms with Gasteiger partial charge >= 0.3 is 0 Å². The smallest absolute Gasteiger partial charge is 0.256 e. The van der Waals surface area contributed by atoms with E-state index in [4.69, 9.17) is 4.74 Å². The van der Waals surface area contributed by atoms with Gasteiger partial charge < -0.3 is 19.1 Å². The van der Waals surface area contributed by atoms with Gasteiger partial charge in [0.1, 0.15) is 11.5 Å². The average Bonchev–Trinajstić information content (AvgIpc) is 3.60. The van der Waals surface area contributed by atoms with Crippen molar-refractivity contribution in [3.8, 4) is 17.2 Å². The summed E-state index contributed by atoms with van der Waals surface area (Å²) in [4.78, 5) is 5.02. The summed E-state index contributed by atoms with van der Waals surface area (Å²) in [6, 6.07) is 53.3. The predicted octanol–water partition coefficient (Wildman–Crippen LogP) is 14.9. The highest BCUT2D eigenvalue weighted by Gasteiger charge is 2.43. The first-order valence-corrected chi connectivity index (χ1v) is 24.1. The van der Waals surface area contributed by atoms with Crippen molar-refractivity contribution in [1.29, 1.82) is 0 Å². The number of anilines is 5. The van der Waals surface area contributed by atoms with E-state index in [1.165, 1.54) is 72.0 Å². The van der Waals surface area contributed by atoms with Gasteiger partial charge in [-0.2, -0.15) is 0 Å². The van der Waals surface area contributed by atoms with E-state index in [2.05, 4.69) is 251 Å². The molecule has 4 nitrogen and oxygen atoms in total. The molecule has 0 spiro atoms. The van der Waals surface area contributed by atoms with Crippen LogP contribution in [0.1, 0.15) is 119 Å². The van der Waals surface area contributed by atoms with Crippen LogP contribution in [0.4, 0.5) is 28.4 Å². The highest BCUT2D eigenvalue weighted by atomic mass is 16.5. The Kier molecular flexibility index (Phi) is 10.0. The van der Waals surface area contributed by atoms with Gasteiger partial charge in [0.2, 0.25) is 0 Å². The van der Waals surface area contributed by atoms with Gasteiger partial charge in [0.05, 0.1) is 22.4 Å². The van der Waals surface area contributed by atoms with Crippen LogP contribution in [-0.2, 0) is 21.7 Å². The van der Waals surface area contributed by atoms with Crippen molar-refractivity contribution in [3.63, 3.8) is 0 Å². The lowest BCUT2D eigenvalue weighted by Gasteiger charge is -2.41. The van der Waals surface area contributed by atoms with Crippen molar-refractivity contribution in [1.82, 2.24) is 4.57 Å². The Bertz CT molecular complexity index is 3180. The van der Waals surface area contributed by atoms with E-state index in [9.17, 15) is 0 Å². The molecule has 3 heterocycles. The van der Waals surface area contributed by atoms with Gasteiger partial charge in [0, 0.05) is 45.6 Å². The van der Waals surface area contributed by atoms with Crippen molar-refractivity contribution in [2.75, 3.05) is 9.80 Å². The topological polar surface area (TPSA) is 20.6 Å². The summed E-state index contributed by atoms with van der Waals surface area (Å²) in [6.07, 6.45) is 0. The average molecular weight is 868 g/mol. The van der Waals surface area contributed by atoms with Gasteiger partial charge in [-0.15, -0.1) is 0 Å². The molecule has 8 aromatic rings. The van der Waals surface area contributed by atoms with Crippen LogP contribution in [-0.4, -0.2) is 17.3 Å². The maximum atomic E-state index is 7.29. The lowest BCUT2D eigenvalue weighted by atomic mass is 9.33. The predicted molar refractivity (Wildman–Crippen MR) is 285 cm³/mol. The molecule has 0 radical (unpaired) electrons. The van der Waals surface area contributed by atoms with Crippen LogP contribution in [0.15, 0.2) is 140 Å². The van der Waals surface area contributed by atoms with Crippen LogP contribution < -0.4 is 30.9 Å². The zero-order valence-electron chi connectivity index (χ0n) is 41.7. The van der Waals surface area contributed by atoms with E-state index in [0.717, 1.165) is 34.1 Å². The Labute approximate surface area is 394 Å². The Hall–Kier alpha value is -6.20. The van der Waals surface area contributed by atoms with Crippen LogP contribution in [0.3, 0.4) is 0 Å². The molecule has 0 fully saturated rings. The van der Waals surface area contributed by atoms with Crippen molar-refractivity contribution < 1.29 is 4.74 Å². The number of hydrogen-bond acceptors (Lipinski definition) is 3. The molecule has 0 atom stereocenters. The number of nitrogens with zero attached hydrogens (tertiary/aromatic N) is 3. The highest BCUT2D eigenvalue weighted by Crippen LogP contribution is 2.47. The highest BCUT2D eigenvalue weighted by molar-refractivity contribution is 6.99. The molecule has 2 aliphatic heterocycles. The fourth-order valence-electron chi connectivity index (χ4n) is 10.5. The molecule has 334 valence electrons. The molecule has 0 N–H and O–H groups in total. The van der Waals surface area contributed by atoms with Gasteiger partial charge in [-0.3, -0.25) is 0 Å². The molecule has 0 aliphatic carbocycles. The number of ether oxygens (including phenoxy) is 1. The largest absolute Gasteiger partial charge is 0.458 e. The maximum absolute atomic E-state index is 7.29. The molecule has 5 heteroatoms. The van der Waals surface area contributed by atoms with Gasteiger partial charge in [-0.25, -0.2) is 0 Å². The summed E-state index contributed by atoms with van der Waals surface area (Å²) in [6.45, 7) is 32.2. The Morgan fingerprint density at radius 1 is 0.485 bits per heavy atom. The zero-order valence-corrected chi connectivity index (χ0v) is 41.7. The van der Waals surface area contributed by atoms with E-state index in [1.54, 1.807) is 0 Å². The molecule has 0 saturated heterocycles. The van der Waals surface area contributed by atoms with Crippen LogP contribution in [0.2, 0.25) is 0 Å². The molecular formula is C61H66BN3O. The van der Waals surface area contributed by atoms with Gasteiger partial charge in [-0.1, -0.05) is 162 Å². The molecule has 1 aromatic heterocycles. The normalized spacial score (nSPS) is 13.8.